The topological polar surface area (TPSA) is 40.5 Å². The Hall–Kier alpha value is -1.77. The summed E-state index contributed by atoms with van der Waals surface area (Å²) in [5, 5.41) is 8.73. The van der Waals surface area contributed by atoms with Crippen LogP contribution in [0.15, 0.2) is 35.9 Å². The van der Waals surface area contributed by atoms with Crippen molar-refractivity contribution in [1.82, 2.24) is 0 Å². The van der Waals surface area contributed by atoms with Crippen molar-refractivity contribution in [3.05, 3.63) is 41.5 Å². The molecule has 1 aromatic carbocycles. The van der Waals surface area contributed by atoms with Gasteiger partial charge >= 0.3 is 5.97 Å². The molecule has 0 aliphatic rings. The molecule has 1 N–H and O–H groups in total. The molecule has 0 aliphatic heterocycles. The van der Waals surface area contributed by atoms with E-state index in [-0.39, 0.29) is 0 Å². The van der Waals surface area contributed by atoms with Crippen LogP contribution < -0.4 is 4.90 Å². The molecule has 0 aromatic heterocycles. The smallest absolute Gasteiger partial charge is 0.331 e. The number of carboxylic acids is 1. The quantitative estimate of drug-likeness (QED) is 0.791. The molecule has 0 unspecified atom stereocenters. The summed E-state index contributed by atoms with van der Waals surface area (Å²) in [4.78, 5) is 12.7. The highest BCUT2D eigenvalue weighted by molar-refractivity contribution is 5.85. The van der Waals surface area contributed by atoms with Crippen LogP contribution in [-0.4, -0.2) is 24.7 Å². The molecular weight excluding hydrogens is 202 g/mol. The SMILES string of the molecule is CC(=CCN(C)c1ccccc1C)C(=O)O. The van der Waals surface area contributed by atoms with Gasteiger partial charge in [0.25, 0.3) is 0 Å². The van der Waals surface area contributed by atoms with Gasteiger partial charge in [0.2, 0.25) is 0 Å². The van der Waals surface area contributed by atoms with E-state index in [4.69, 9.17) is 5.11 Å². The first-order valence-electron chi connectivity index (χ1n) is 5.19. The molecule has 0 saturated heterocycles. The molecule has 0 atom stereocenters. The van der Waals surface area contributed by atoms with Gasteiger partial charge in [-0.25, -0.2) is 4.79 Å². The monoisotopic (exact) mass is 219 g/mol. The van der Waals surface area contributed by atoms with Crippen LogP contribution in [0.3, 0.4) is 0 Å². The number of hydrogen-bond donors (Lipinski definition) is 1. The molecule has 1 rings (SSSR count). The van der Waals surface area contributed by atoms with Gasteiger partial charge in [-0.3, -0.25) is 0 Å². The number of para-hydroxylation sites is 1. The molecule has 0 radical (unpaired) electrons. The van der Waals surface area contributed by atoms with E-state index >= 15 is 0 Å². The van der Waals surface area contributed by atoms with Crippen LogP contribution >= 0.6 is 0 Å². The number of anilines is 1. The number of rotatable bonds is 4. The number of benzene rings is 1. The van der Waals surface area contributed by atoms with Crippen LogP contribution in [0, 0.1) is 6.92 Å². The van der Waals surface area contributed by atoms with Gasteiger partial charge in [0.15, 0.2) is 0 Å². The molecule has 0 spiro atoms. The van der Waals surface area contributed by atoms with Crippen molar-refractivity contribution < 1.29 is 9.90 Å². The molecule has 1 aromatic rings. The van der Waals surface area contributed by atoms with E-state index in [2.05, 4.69) is 0 Å². The summed E-state index contributed by atoms with van der Waals surface area (Å²) in [6, 6.07) is 8.04. The van der Waals surface area contributed by atoms with Crippen LogP contribution in [0.1, 0.15) is 12.5 Å². The van der Waals surface area contributed by atoms with Gasteiger partial charge in [0, 0.05) is 24.9 Å². The van der Waals surface area contributed by atoms with E-state index in [1.165, 1.54) is 5.56 Å². The van der Waals surface area contributed by atoms with Crippen LogP contribution in [0.2, 0.25) is 0 Å². The maximum Gasteiger partial charge on any atom is 0.331 e. The molecule has 0 amide bonds. The van der Waals surface area contributed by atoms with Crippen molar-refractivity contribution >= 4 is 11.7 Å². The predicted octanol–water partition coefficient (Wildman–Crippen LogP) is 2.46. The van der Waals surface area contributed by atoms with Crippen molar-refractivity contribution in [3.8, 4) is 0 Å². The number of carbonyl (C=O) groups is 1. The fourth-order valence-corrected chi connectivity index (χ4v) is 1.45. The summed E-state index contributed by atoms with van der Waals surface area (Å²) in [5.74, 6) is -0.863. The summed E-state index contributed by atoms with van der Waals surface area (Å²) in [6.07, 6.45) is 1.72. The fraction of sp³-hybridized carbons (Fsp3) is 0.308. The van der Waals surface area contributed by atoms with Crippen LogP contribution in [-0.2, 0) is 4.79 Å². The van der Waals surface area contributed by atoms with Crippen molar-refractivity contribution in [1.29, 1.82) is 0 Å². The lowest BCUT2D eigenvalue weighted by atomic mass is 10.2. The van der Waals surface area contributed by atoms with Crippen molar-refractivity contribution in [2.75, 3.05) is 18.5 Å². The van der Waals surface area contributed by atoms with E-state index in [1.54, 1.807) is 13.0 Å². The molecule has 3 heteroatoms. The molecule has 0 bridgehead atoms. The lowest BCUT2D eigenvalue weighted by Gasteiger charge is -2.19. The molecule has 86 valence electrons. The van der Waals surface area contributed by atoms with Gasteiger partial charge in [-0.05, 0) is 25.5 Å². The molecule has 0 fully saturated rings. The minimum Gasteiger partial charge on any atom is -0.478 e. The van der Waals surface area contributed by atoms with Gasteiger partial charge in [-0.1, -0.05) is 24.3 Å². The third-order valence-electron chi connectivity index (χ3n) is 2.54. The molecule has 0 aliphatic carbocycles. The molecule has 3 nitrogen and oxygen atoms in total. The van der Waals surface area contributed by atoms with E-state index < -0.39 is 5.97 Å². The minimum atomic E-state index is -0.863. The second kappa shape index (κ2) is 5.35. The van der Waals surface area contributed by atoms with Crippen molar-refractivity contribution in [2.45, 2.75) is 13.8 Å². The zero-order valence-corrected chi connectivity index (χ0v) is 9.90. The molecule has 0 heterocycles. The van der Waals surface area contributed by atoms with E-state index in [9.17, 15) is 4.79 Å². The summed E-state index contributed by atoms with van der Waals surface area (Å²) >= 11 is 0. The zero-order valence-electron chi connectivity index (χ0n) is 9.90. The number of carboxylic acid groups (broad SMARTS) is 1. The van der Waals surface area contributed by atoms with Gasteiger partial charge in [0.05, 0.1) is 0 Å². The Labute approximate surface area is 96.0 Å². The highest BCUT2D eigenvalue weighted by Gasteiger charge is 2.03. The Morgan fingerprint density at radius 3 is 2.62 bits per heavy atom. The maximum absolute atomic E-state index is 10.6. The van der Waals surface area contributed by atoms with Gasteiger partial charge in [0.1, 0.15) is 0 Å². The molecule has 0 saturated carbocycles. The van der Waals surface area contributed by atoms with Crippen LogP contribution in [0.5, 0.6) is 0 Å². The third kappa shape index (κ3) is 3.12. The Kier molecular flexibility index (Phi) is 4.11. The highest BCUT2D eigenvalue weighted by atomic mass is 16.4. The Morgan fingerprint density at radius 2 is 2.06 bits per heavy atom. The Balaban J connectivity index is 2.74. The second-order valence-corrected chi connectivity index (χ2v) is 3.86. The highest BCUT2D eigenvalue weighted by Crippen LogP contribution is 2.17. The maximum atomic E-state index is 10.6. The van der Waals surface area contributed by atoms with E-state index in [0.29, 0.717) is 12.1 Å². The van der Waals surface area contributed by atoms with Crippen molar-refractivity contribution in [3.63, 3.8) is 0 Å². The number of nitrogens with zero attached hydrogens (tertiary/aromatic N) is 1. The number of aliphatic carboxylic acids is 1. The lowest BCUT2D eigenvalue weighted by Crippen LogP contribution is -2.18. The van der Waals surface area contributed by atoms with Gasteiger partial charge in [-0.2, -0.15) is 0 Å². The first-order chi connectivity index (χ1) is 7.52. The minimum absolute atomic E-state index is 0.375. The van der Waals surface area contributed by atoms with Crippen LogP contribution in [0.25, 0.3) is 0 Å². The molecular formula is C13H17NO2. The van der Waals surface area contributed by atoms with Gasteiger partial charge < -0.3 is 10.0 Å². The second-order valence-electron chi connectivity index (χ2n) is 3.86. The average Bonchev–Trinajstić information content (AvgIpc) is 2.25. The number of hydrogen-bond acceptors (Lipinski definition) is 2. The summed E-state index contributed by atoms with van der Waals surface area (Å²) in [7, 11) is 1.95. The summed E-state index contributed by atoms with van der Waals surface area (Å²) in [5.41, 5.74) is 2.68. The standard InChI is InChI=1S/C13H17NO2/c1-10-6-4-5-7-12(10)14(3)9-8-11(2)13(15)16/h4-8H,9H2,1-3H3,(H,15,16). The average molecular weight is 219 g/mol. The number of likely N-dealkylation sites (N-methyl/N-ethyl adjacent to an activating group) is 1. The molecule has 16 heavy (non-hydrogen) atoms. The lowest BCUT2D eigenvalue weighted by molar-refractivity contribution is -0.132. The zero-order chi connectivity index (χ0) is 12.1. The first kappa shape index (κ1) is 12.3. The Bertz CT molecular complexity index is 410. The van der Waals surface area contributed by atoms with E-state index in [0.717, 1.165) is 5.69 Å². The van der Waals surface area contributed by atoms with Crippen LogP contribution in [0.4, 0.5) is 5.69 Å². The fourth-order valence-electron chi connectivity index (χ4n) is 1.45. The predicted molar refractivity (Wildman–Crippen MR) is 65.8 cm³/mol. The first-order valence-corrected chi connectivity index (χ1v) is 5.19. The summed E-state index contributed by atoms with van der Waals surface area (Å²) < 4.78 is 0. The number of aryl methyl sites for hydroxylation is 1. The van der Waals surface area contributed by atoms with Crippen molar-refractivity contribution in [2.24, 2.45) is 0 Å². The largest absolute Gasteiger partial charge is 0.478 e. The normalized spacial score (nSPS) is 11.3. The van der Waals surface area contributed by atoms with E-state index in [1.807, 2.05) is 43.1 Å². The summed E-state index contributed by atoms with van der Waals surface area (Å²) in [6.45, 7) is 4.25. The third-order valence-corrected chi connectivity index (χ3v) is 2.54. The Morgan fingerprint density at radius 1 is 1.44 bits per heavy atom. The van der Waals surface area contributed by atoms with Gasteiger partial charge in [-0.15, -0.1) is 0 Å².